The minimum atomic E-state index is 0.639. The largest absolute Gasteiger partial charge is 0.396 e. The summed E-state index contributed by atoms with van der Waals surface area (Å²) in [6.45, 7) is 2.60. The number of nitrogens with one attached hydrogen (secondary N) is 2. The van der Waals surface area contributed by atoms with Crippen molar-refractivity contribution in [1.29, 1.82) is 0 Å². The molecule has 5 nitrogen and oxygen atoms in total. The molecule has 2 heterocycles. The molecule has 2 aromatic heterocycles. The van der Waals surface area contributed by atoms with E-state index < -0.39 is 0 Å². The zero-order valence-corrected chi connectivity index (χ0v) is 8.49. The second kappa shape index (κ2) is 4.00. The fourth-order valence-corrected chi connectivity index (χ4v) is 1.30. The van der Waals surface area contributed by atoms with Gasteiger partial charge in [-0.1, -0.05) is 0 Å². The average molecular weight is 203 g/mol. The van der Waals surface area contributed by atoms with Gasteiger partial charge >= 0.3 is 0 Å². The van der Waals surface area contributed by atoms with Gasteiger partial charge < -0.3 is 11.1 Å². The molecule has 0 radical (unpaired) electrons. The fourth-order valence-electron chi connectivity index (χ4n) is 1.30. The lowest BCUT2D eigenvalue weighted by atomic mass is 10.3. The molecule has 5 heteroatoms. The smallest absolute Gasteiger partial charge is 0.149 e. The van der Waals surface area contributed by atoms with Gasteiger partial charge in [0.1, 0.15) is 5.82 Å². The van der Waals surface area contributed by atoms with Crippen molar-refractivity contribution < 1.29 is 0 Å². The molecule has 0 saturated carbocycles. The monoisotopic (exact) mass is 203 g/mol. The van der Waals surface area contributed by atoms with Gasteiger partial charge in [0.05, 0.1) is 17.9 Å². The highest BCUT2D eigenvalue weighted by Crippen LogP contribution is 2.16. The standard InChI is InChI=1S/C10H13N5/c1-7-4-9(11)10(12-5-7)13-6-8-2-3-14-15-8/h2-5H,6,11H2,1H3,(H,12,13)(H,14,15). The third-order valence-corrected chi connectivity index (χ3v) is 2.06. The first-order valence-corrected chi connectivity index (χ1v) is 4.70. The maximum atomic E-state index is 5.81. The number of aromatic nitrogens is 3. The zero-order valence-electron chi connectivity index (χ0n) is 8.49. The lowest BCUT2D eigenvalue weighted by Gasteiger charge is -2.07. The maximum absolute atomic E-state index is 5.81. The number of hydrogen-bond donors (Lipinski definition) is 3. The van der Waals surface area contributed by atoms with Crippen LogP contribution < -0.4 is 11.1 Å². The van der Waals surface area contributed by atoms with Gasteiger partial charge in [0, 0.05) is 12.4 Å². The number of anilines is 2. The summed E-state index contributed by atoms with van der Waals surface area (Å²) in [7, 11) is 0. The van der Waals surface area contributed by atoms with Crippen molar-refractivity contribution in [3.05, 3.63) is 35.8 Å². The predicted octanol–water partition coefficient (Wildman–Crippen LogP) is 1.31. The molecule has 15 heavy (non-hydrogen) atoms. The Morgan fingerprint density at radius 2 is 2.40 bits per heavy atom. The summed E-state index contributed by atoms with van der Waals surface area (Å²) < 4.78 is 0. The van der Waals surface area contributed by atoms with E-state index >= 15 is 0 Å². The van der Waals surface area contributed by atoms with Gasteiger partial charge in [-0.15, -0.1) is 0 Å². The predicted molar refractivity (Wildman–Crippen MR) is 59.3 cm³/mol. The highest BCUT2D eigenvalue weighted by Gasteiger charge is 2.00. The molecule has 0 aliphatic carbocycles. The molecule has 4 N–H and O–H groups in total. The van der Waals surface area contributed by atoms with Gasteiger partial charge in [0.25, 0.3) is 0 Å². The van der Waals surface area contributed by atoms with Crippen molar-refractivity contribution in [1.82, 2.24) is 15.2 Å². The van der Waals surface area contributed by atoms with Crippen molar-refractivity contribution in [2.75, 3.05) is 11.1 Å². The maximum Gasteiger partial charge on any atom is 0.149 e. The van der Waals surface area contributed by atoms with E-state index in [1.54, 1.807) is 12.4 Å². The first kappa shape index (κ1) is 9.51. The summed E-state index contributed by atoms with van der Waals surface area (Å²) in [4.78, 5) is 4.21. The summed E-state index contributed by atoms with van der Waals surface area (Å²) in [5.41, 5.74) is 8.52. The Hall–Kier alpha value is -2.04. The first-order valence-electron chi connectivity index (χ1n) is 4.70. The van der Waals surface area contributed by atoms with Crippen molar-refractivity contribution in [2.45, 2.75) is 13.5 Å². The van der Waals surface area contributed by atoms with Crippen LogP contribution in [0, 0.1) is 6.92 Å². The zero-order chi connectivity index (χ0) is 10.7. The van der Waals surface area contributed by atoms with E-state index in [1.807, 2.05) is 19.1 Å². The Bertz CT molecular complexity index is 435. The number of H-pyrrole nitrogens is 1. The molecule has 78 valence electrons. The second-order valence-electron chi connectivity index (χ2n) is 3.39. The van der Waals surface area contributed by atoms with Crippen molar-refractivity contribution in [3.8, 4) is 0 Å². The number of aryl methyl sites for hydroxylation is 1. The quantitative estimate of drug-likeness (QED) is 0.702. The van der Waals surface area contributed by atoms with E-state index in [9.17, 15) is 0 Å². The van der Waals surface area contributed by atoms with E-state index in [0.717, 1.165) is 11.3 Å². The van der Waals surface area contributed by atoms with Crippen LogP contribution in [0.2, 0.25) is 0 Å². The fraction of sp³-hybridized carbons (Fsp3) is 0.200. The van der Waals surface area contributed by atoms with Gasteiger partial charge in [-0.05, 0) is 24.6 Å². The number of nitrogens with two attached hydrogens (primary N) is 1. The van der Waals surface area contributed by atoms with E-state index in [1.165, 1.54) is 0 Å². The number of hydrogen-bond acceptors (Lipinski definition) is 4. The van der Waals surface area contributed by atoms with Gasteiger partial charge in [-0.2, -0.15) is 5.10 Å². The number of pyridine rings is 1. The number of nitrogens with zero attached hydrogens (tertiary/aromatic N) is 2. The lowest BCUT2D eigenvalue weighted by Crippen LogP contribution is -2.05. The molecule has 0 bridgehead atoms. The molecule has 0 atom stereocenters. The van der Waals surface area contributed by atoms with Gasteiger partial charge in [0.2, 0.25) is 0 Å². The van der Waals surface area contributed by atoms with Crippen LogP contribution in [-0.4, -0.2) is 15.2 Å². The van der Waals surface area contributed by atoms with E-state index in [-0.39, 0.29) is 0 Å². The molecule has 2 aromatic rings. The Morgan fingerprint density at radius 3 is 3.07 bits per heavy atom. The van der Waals surface area contributed by atoms with Crippen LogP contribution in [0.5, 0.6) is 0 Å². The summed E-state index contributed by atoms with van der Waals surface area (Å²) in [6.07, 6.45) is 3.49. The second-order valence-corrected chi connectivity index (χ2v) is 3.39. The third kappa shape index (κ3) is 2.25. The molecule has 0 aliphatic rings. The molecular formula is C10H13N5. The van der Waals surface area contributed by atoms with Crippen LogP contribution in [0.3, 0.4) is 0 Å². The summed E-state index contributed by atoms with van der Waals surface area (Å²) in [5, 5.41) is 9.85. The molecule has 0 fully saturated rings. The molecule has 0 saturated heterocycles. The molecular weight excluding hydrogens is 190 g/mol. The highest BCUT2D eigenvalue weighted by atomic mass is 15.1. The summed E-state index contributed by atoms with van der Waals surface area (Å²) in [6, 6.07) is 3.79. The summed E-state index contributed by atoms with van der Waals surface area (Å²) in [5.74, 6) is 0.704. The molecule has 0 amide bonds. The van der Waals surface area contributed by atoms with Crippen LogP contribution in [0.15, 0.2) is 24.5 Å². The molecule has 0 spiro atoms. The molecule has 0 unspecified atom stereocenters. The Kier molecular flexibility index (Phi) is 2.53. The van der Waals surface area contributed by atoms with Gasteiger partial charge in [-0.3, -0.25) is 5.10 Å². The normalized spacial score (nSPS) is 10.2. The van der Waals surface area contributed by atoms with Gasteiger partial charge in [0.15, 0.2) is 0 Å². The number of nitrogen functional groups attached to an aromatic ring is 1. The topological polar surface area (TPSA) is 79.6 Å². The van der Waals surface area contributed by atoms with Crippen LogP contribution in [0.1, 0.15) is 11.3 Å². The van der Waals surface area contributed by atoms with Crippen LogP contribution >= 0.6 is 0 Å². The van der Waals surface area contributed by atoms with Crippen LogP contribution in [-0.2, 0) is 6.54 Å². The van der Waals surface area contributed by atoms with Crippen LogP contribution in [0.25, 0.3) is 0 Å². The minimum Gasteiger partial charge on any atom is -0.396 e. The minimum absolute atomic E-state index is 0.639. The first-order chi connectivity index (χ1) is 7.25. The molecule has 2 rings (SSSR count). The Morgan fingerprint density at radius 1 is 1.53 bits per heavy atom. The molecule has 0 aliphatic heterocycles. The van der Waals surface area contributed by atoms with Crippen molar-refractivity contribution in [3.63, 3.8) is 0 Å². The van der Waals surface area contributed by atoms with Crippen LogP contribution in [0.4, 0.5) is 11.5 Å². The SMILES string of the molecule is Cc1cnc(NCc2ccn[nH]2)c(N)c1. The summed E-state index contributed by atoms with van der Waals surface area (Å²) >= 11 is 0. The van der Waals surface area contributed by atoms with E-state index in [4.69, 9.17) is 5.73 Å². The Balaban J connectivity index is 2.05. The highest BCUT2D eigenvalue weighted by molar-refractivity contribution is 5.61. The Labute approximate surface area is 87.7 Å². The van der Waals surface area contributed by atoms with Gasteiger partial charge in [-0.25, -0.2) is 4.98 Å². The number of aromatic amines is 1. The third-order valence-electron chi connectivity index (χ3n) is 2.06. The molecule has 0 aromatic carbocycles. The van der Waals surface area contributed by atoms with Crippen molar-refractivity contribution >= 4 is 11.5 Å². The lowest BCUT2D eigenvalue weighted by molar-refractivity contribution is 0.974. The number of rotatable bonds is 3. The van der Waals surface area contributed by atoms with E-state index in [0.29, 0.717) is 18.1 Å². The van der Waals surface area contributed by atoms with E-state index in [2.05, 4.69) is 20.5 Å². The average Bonchev–Trinajstić information content (AvgIpc) is 2.69. The van der Waals surface area contributed by atoms with Crippen molar-refractivity contribution in [2.24, 2.45) is 0 Å².